The molecule has 4 rings (SSSR count). The van der Waals surface area contributed by atoms with Crippen LogP contribution < -0.4 is 5.32 Å². The topological polar surface area (TPSA) is 46.9 Å². The molecular weight excluding hydrogens is 358 g/mol. The van der Waals surface area contributed by atoms with Crippen molar-refractivity contribution in [3.05, 3.63) is 53.6 Å². The summed E-state index contributed by atoms with van der Waals surface area (Å²) in [6.45, 7) is 0.224. The van der Waals surface area contributed by atoms with E-state index in [9.17, 15) is 4.79 Å². The van der Waals surface area contributed by atoms with Crippen LogP contribution in [-0.2, 0) is 11.3 Å². The van der Waals surface area contributed by atoms with Crippen LogP contribution in [0.5, 0.6) is 0 Å². The van der Waals surface area contributed by atoms with Gasteiger partial charge in [-0.1, -0.05) is 67.6 Å². The van der Waals surface area contributed by atoms with Gasteiger partial charge in [0.25, 0.3) is 0 Å². The van der Waals surface area contributed by atoms with Crippen LogP contribution in [-0.4, -0.2) is 21.7 Å². The van der Waals surface area contributed by atoms with Crippen LogP contribution in [0.3, 0.4) is 0 Å². The molecule has 1 heterocycles. The molecule has 3 aromatic rings. The molecule has 140 valence electrons. The molecule has 1 aliphatic carbocycles. The number of hydrogen-bond donors (Lipinski definition) is 1. The number of benzene rings is 2. The van der Waals surface area contributed by atoms with Crippen LogP contribution in [0, 0.1) is 0 Å². The van der Waals surface area contributed by atoms with Crippen molar-refractivity contribution >= 4 is 28.4 Å². The zero-order chi connectivity index (χ0) is 18.6. The fourth-order valence-corrected chi connectivity index (χ4v) is 4.09. The molecule has 0 aliphatic heterocycles. The van der Waals surface area contributed by atoms with Crippen molar-refractivity contribution in [1.82, 2.24) is 15.1 Å². The highest BCUT2D eigenvalue weighted by Crippen LogP contribution is 2.30. The van der Waals surface area contributed by atoms with E-state index in [1.807, 2.05) is 48.5 Å². The molecule has 1 saturated carbocycles. The van der Waals surface area contributed by atoms with E-state index in [2.05, 4.69) is 5.32 Å². The van der Waals surface area contributed by atoms with Gasteiger partial charge < -0.3 is 5.32 Å². The fourth-order valence-electron chi connectivity index (χ4n) is 3.91. The molecule has 1 amide bonds. The monoisotopic (exact) mass is 381 g/mol. The Morgan fingerprint density at radius 1 is 1.07 bits per heavy atom. The Hall–Kier alpha value is -2.33. The van der Waals surface area contributed by atoms with E-state index in [1.54, 1.807) is 4.68 Å². The quantitative estimate of drug-likeness (QED) is 0.631. The van der Waals surface area contributed by atoms with Gasteiger partial charge in [-0.2, -0.15) is 5.10 Å². The molecule has 1 N–H and O–H groups in total. The molecule has 0 atom stereocenters. The number of hydrogen-bond acceptors (Lipinski definition) is 2. The van der Waals surface area contributed by atoms with Crippen LogP contribution >= 0.6 is 11.6 Å². The van der Waals surface area contributed by atoms with Crippen molar-refractivity contribution in [2.45, 2.75) is 51.1 Å². The Morgan fingerprint density at radius 2 is 1.81 bits per heavy atom. The number of rotatable bonds is 4. The van der Waals surface area contributed by atoms with Crippen LogP contribution in [0.4, 0.5) is 0 Å². The molecule has 0 spiro atoms. The summed E-state index contributed by atoms with van der Waals surface area (Å²) in [6, 6.07) is 16.0. The minimum Gasteiger partial charge on any atom is -0.352 e. The zero-order valence-electron chi connectivity index (χ0n) is 15.3. The summed E-state index contributed by atoms with van der Waals surface area (Å²) in [7, 11) is 0. The first-order valence-corrected chi connectivity index (χ1v) is 10.1. The maximum atomic E-state index is 12.7. The number of carbonyl (C=O) groups is 1. The van der Waals surface area contributed by atoms with E-state index in [0.717, 1.165) is 35.0 Å². The van der Waals surface area contributed by atoms with E-state index in [1.165, 1.54) is 25.7 Å². The lowest BCUT2D eigenvalue weighted by molar-refractivity contribution is -0.122. The Balaban J connectivity index is 1.61. The van der Waals surface area contributed by atoms with Crippen molar-refractivity contribution in [2.24, 2.45) is 0 Å². The molecule has 1 aromatic heterocycles. The van der Waals surface area contributed by atoms with E-state index in [4.69, 9.17) is 16.7 Å². The summed E-state index contributed by atoms with van der Waals surface area (Å²) < 4.78 is 1.79. The third-order valence-corrected chi connectivity index (χ3v) is 5.51. The molecule has 5 heteroatoms. The Labute approximate surface area is 164 Å². The number of nitrogens with zero attached hydrogens (tertiary/aromatic N) is 2. The van der Waals surface area contributed by atoms with Crippen LogP contribution in [0.25, 0.3) is 22.2 Å². The third-order valence-electron chi connectivity index (χ3n) is 5.27. The van der Waals surface area contributed by atoms with E-state index in [0.29, 0.717) is 11.1 Å². The highest BCUT2D eigenvalue weighted by Gasteiger charge is 2.18. The van der Waals surface area contributed by atoms with Crippen molar-refractivity contribution in [2.75, 3.05) is 0 Å². The highest BCUT2D eigenvalue weighted by atomic mass is 35.5. The summed E-state index contributed by atoms with van der Waals surface area (Å²) >= 11 is 6.22. The van der Waals surface area contributed by atoms with Crippen LogP contribution in [0.2, 0.25) is 5.02 Å². The number of nitrogens with one attached hydrogen (secondary N) is 1. The summed E-state index contributed by atoms with van der Waals surface area (Å²) in [4.78, 5) is 12.7. The Bertz CT molecular complexity index is 927. The fraction of sp³-hybridized carbons (Fsp3) is 0.364. The van der Waals surface area contributed by atoms with Crippen LogP contribution in [0.1, 0.15) is 38.5 Å². The summed E-state index contributed by atoms with van der Waals surface area (Å²) in [5.41, 5.74) is 2.80. The number of fused-ring (bicyclic) bond motifs is 1. The zero-order valence-corrected chi connectivity index (χ0v) is 16.1. The van der Waals surface area contributed by atoms with E-state index >= 15 is 0 Å². The largest absolute Gasteiger partial charge is 0.352 e. The minimum atomic E-state index is 0.0286. The molecule has 1 fully saturated rings. The Kier molecular flexibility index (Phi) is 5.44. The van der Waals surface area contributed by atoms with Gasteiger partial charge in [0.15, 0.2) is 0 Å². The van der Waals surface area contributed by atoms with Gasteiger partial charge in [0, 0.05) is 22.0 Å². The summed E-state index contributed by atoms with van der Waals surface area (Å²) in [5.74, 6) is 0.0286. The number of carbonyl (C=O) groups excluding carboxylic acids is 1. The van der Waals surface area contributed by atoms with Gasteiger partial charge in [0.05, 0.1) is 5.52 Å². The van der Waals surface area contributed by atoms with Gasteiger partial charge in [-0.25, -0.2) is 0 Å². The SMILES string of the molecule is O=C(Cn1nc(-c2ccccc2)c2cc(Cl)ccc21)NC1CCCCCC1. The lowest BCUT2D eigenvalue weighted by Crippen LogP contribution is -2.36. The second-order valence-corrected chi connectivity index (χ2v) is 7.73. The highest BCUT2D eigenvalue weighted by molar-refractivity contribution is 6.31. The predicted octanol–water partition coefficient (Wildman–Crippen LogP) is 5.20. The van der Waals surface area contributed by atoms with Gasteiger partial charge in [-0.3, -0.25) is 9.48 Å². The maximum absolute atomic E-state index is 12.7. The van der Waals surface area contributed by atoms with Gasteiger partial charge in [0.1, 0.15) is 12.2 Å². The van der Waals surface area contributed by atoms with E-state index < -0.39 is 0 Å². The molecule has 0 saturated heterocycles. The van der Waals surface area contributed by atoms with Gasteiger partial charge in [-0.05, 0) is 31.0 Å². The average Bonchev–Trinajstić information content (AvgIpc) is 2.83. The molecular formula is C22H24ClN3O. The molecule has 0 radical (unpaired) electrons. The molecule has 0 unspecified atom stereocenters. The normalized spacial score (nSPS) is 15.6. The smallest absolute Gasteiger partial charge is 0.241 e. The first-order chi connectivity index (χ1) is 13.2. The average molecular weight is 382 g/mol. The number of aromatic nitrogens is 2. The lowest BCUT2D eigenvalue weighted by atomic mass is 10.1. The second-order valence-electron chi connectivity index (χ2n) is 7.29. The summed E-state index contributed by atoms with van der Waals surface area (Å²) in [6.07, 6.45) is 7.11. The standard InChI is InChI=1S/C22H24ClN3O/c23-17-12-13-20-19(14-17)22(16-8-4-3-5-9-16)25-26(20)15-21(27)24-18-10-6-1-2-7-11-18/h3-5,8-9,12-14,18H,1-2,6-7,10-11,15H2,(H,24,27). The number of halogens is 1. The summed E-state index contributed by atoms with van der Waals surface area (Å²) in [5, 5.41) is 9.59. The first-order valence-electron chi connectivity index (χ1n) is 9.71. The van der Waals surface area contributed by atoms with Gasteiger partial charge >= 0.3 is 0 Å². The van der Waals surface area contributed by atoms with Crippen LogP contribution in [0.15, 0.2) is 48.5 Å². The maximum Gasteiger partial charge on any atom is 0.241 e. The molecule has 0 bridgehead atoms. The van der Waals surface area contributed by atoms with Gasteiger partial charge in [-0.15, -0.1) is 0 Å². The Morgan fingerprint density at radius 3 is 2.56 bits per heavy atom. The van der Waals surface area contributed by atoms with E-state index in [-0.39, 0.29) is 12.5 Å². The lowest BCUT2D eigenvalue weighted by Gasteiger charge is -2.16. The van der Waals surface area contributed by atoms with Crippen molar-refractivity contribution in [3.63, 3.8) is 0 Å². The first kappa shape index (κ1) is 18.1. The molecule has 27 heavy (non-hydrogen) atoms. The molecule has 2 aromatic carbocycles. The van der Waals surface area contributed by atoms with Crippen molar-refractivity contribution in [3.8, 4) is 11.3 Å². The van der Waals surface area contributed by atoms with Gasteiger partial charge in [0.2, 0.25) is 5.91 Å². The van der Waals surface area contributed by atoms with Crippen molar-refractivity contribution in [1.29, 1.82) is 0 Å². The number of amides is 1. The minimum absolute atomic E-state index is 0.0286. The second kappa shape index (κ2) is 8.13. The van der Waals surface area contributed by atoms with Crippen molar-refractivity contribution < 1.29 is 4.79 Å². The third kappa shape index (κ3) is 4.16. The molecule has 1 aliphatic rings. The molecule has 4 nitrogen and oxygen atoms in total. The predicted molar refractivity (Wildman–Crippen MR) is 110 cm³/mol.